The predicted molar refractivity (Wildman–Crippen MR) is 212 cm³/mol. The molecule has 1 saturated carbocycles. The van der Waals surface area contributed by atoms with Gasteiger partial charge in [-0.2, -0.15) is 0 Å². The van der Waals surface area contributed by atoms with Crippen molar-refractivity contribution < 1.29 is 14.7 Å². The van der Waals surface area contributed by atoms with E-state index in [9.17, 15) is 15.3 Å². The van der Waals surface area contributed by atoms with Crippen LogP contribution in [-0.2, 0) is 16.1 Å². The zero-order chi connectivity index (χ0) is 37.4. The predicted octanol–water partition coefficient (Wildman–Crippen LogP) is 7.02. The van der Waals surface area contributed by atoms with Gasteiger partial charge < -0.3 is 29.7 Å². The number of aldehydes is 1. The Kier molecular flexibility index (Phi) is 14.7. The van der Waals surface area contributed by atoms with Crippen LogP contribution in [0.1, 0.15) is 81.9 Å². The molecule has 2 heterocycles. The number of benzene rings is 3. The molecule has 1 amide bonds. The summed E-state index contributed by atoms with van der Waals surface area (Å²) in [6.45, 7) is 3.62. The Bertz CT molecular complexity index is 2050. The first-order valence-electron chi connectivity index (χ1n) is 18.8. The first-order valence-corrected chi connectivity index (χ1v) is 18.8. The molecule has 53 heavy (non-hydrogen) atoms. The largest absolute Gasteiger partial charge is 0.393 e. The van der Waals surface area contributed by atoms with Gasteiger partial charge in [0.25, 0.3) is 0 Å². The van der Waals surface area contributed by atoms with Crippen LogP contribution in [0, 0.1) is 17.3 Å². The number of nitrogens with one attached hydrogen (secondary N) is 3. The van der Waals surface area contributed by atoms with Gasteiger partial charge in [0.2, 0.25) is 5.91 Å². The van der Waals surface area contributed by atoms with Gasteiger partial charge in [0, 0.05) is 43.1 Å². The monoisotopic (exact) mass is 712 g/mol. The molecule has 1 fully saturated rings. The SMILES string of the molecule is CC=O.CNCCCNC(=O)CCCCC#Cc1cccc(Cn2c(-c3ccccc3)c(-c3ccccc3)c3c(=N)n(C4CCC(O)CC4)cnc32)c1. The number of aliphatic hydroxyl groups excluding tert-OH is 1. The van der Waals surface area contributed by atoms with Crippen molar-refractivity contribution in [2.75, 3.05) is 20.1 Å². The Labute approximate surface area is 313 Å². The second-order valence-electron chi connectivity index (χ2n) is 13.5. The van der Waals surface area contributed by atoms with Gasteiger partial charge in [-0.05, 0) is 94.3 Å². The molecule has 1 aliphatic rings. The Balaban J connectivity index is 0.00000175. The molecule has 0 saturated heterocycles. The molecule has 5 aromatic rings. The summed E-state index contributed by atoms with van der Waals surface area (Å²) in [6, 6.07) is 29.3. The van der Waals surface area contributed by atoms with E-state index in [0.29, 0.717) is 25.0 Å². The molecule has 6 rings (SSSR count). The van der Waals surface area contributed by atoms with Crippen LogP contribution < -0.4 is 16.1 Å². The molecular formula is C44H52N6O3. The van der Waals surface area contributed by atoms with E-state index in [1.165, 1.54) is 6.92 Å². The number of nitrogens with zero attached hydrogens (tertiary/aromatic N) is 3. The van der Waals surface area contributed by atoms with Gasteiger partial charge in [0.05, 0.1) is 23.5 Å². The van der Waals surface area contributed by atoms with Gasteiger partial charge in [-0.25, -0.2) is 4.98 Å². The summed E-state index contributed by atoms with van der Waals surface area (Å²) in [4.78, 5) is 25.9. The lowest BCUT2D eigenvalue weighted by Crippen LogP contribution is -2.29. The average molecular weight is 713 g/mol. The number of rotatable bonds is 13. The van der Waals surface area contributed by atoms with E-state index >= 15 is 0 Å². The average Bonchev–Trinajstić information content (AvgIpc) is 3.51. The molecule has 0 bridgehead atoms. The smallest absolute Gasteiger partial charge is 0.219 e. The van der Waals surface area contributed by atoms with Crippen molar-refractivity contribution in [3.8, 4) is 34.2 Å². The van der Waals surface area contributed by atoms with Gasteiger partial charge in [-0.1, -0.05) is 84.6 Å². The first-order chi connectivity index (χ1) is 25.9. The van der Waals surface area contributed by atoms with Crippen molar-refractivity contribution in [3.05, 3.63) is 108 Å². The molecule has 276 valence electrons. The maximum atomic E-state index is 12.1. The topological polar surface area (TPSA) is 125 Å². The summed E-state index contributed by atoms with van der Waals surface area (Å²) in [5.74, 6) is 6.77. The van der Waals surface area contributed by atoms with Crippen molar-refractivity contribution >= 4 is 23.2 Å². The lowest BCUT2D eigenvalue weighted by molar-refractivity contribution is -0.121. The third-order valence-electron chi connectivity index (χ3n) is 9.59. The Morgan fingerprint density at radius 3 is 2.34 bits per heavy atom. The standard InChI is InChI=1S/C42H48N6O2.C2H4O/c1-44-26-13-27-45-37(50)21-11-3-2-6-14-31-15-12-16-32(28-31)29-47-40(34-19-9-5-10-20-34)38(33-17-7-4-8-18-33)39-41(43)48(30-46-42(39)47)35-22-24-36(49)25-23-35;1-2-3/h4-5,7-10,12,15-20,28,30,35-36,43-44,49H,2-3,11,13,21-27,29H2,1H3,(H,45,50);2H,1H3. The fourth-order valence-corrected chi connectivity index (χ4v) is 6.99. The van der Waals surface area contributed by atoms with E-state index in [0.717, 1.165) is 109 Å². The third kappa shape index (κ3) is 10.4. The number of unbranched alkanes of at least 4 members (excludes halogenated alkanes) is 2. The van der Waals surface area contributed by atoms with Crippen molar-refractivity contribution in [1.29, 1.82) is 5.41 Å². The Morgan fingerprint density at radius 2 is 1.64 bits per heavy atom. The number of fused-ring (bicyclic) bond motifs is 1. The van der Waals surface area contributed by atoms with Gasteiger partial charge in [0.15, 0.2) is 0 Å². The summed E-state index contributed by atoms with van der Waals surface area (Å²) >= 11 is 0. The van der Waals surface area contributed by atoms with Crippen molar-refractivity contribution in [3.63, 3.8) is 0 Å². The van der Waals surface area contributed by atoms with Gasteiger partial charge in [-0.3, -0.25) is 10.2 Å². The van der Waals surface area contributed by atoms with E-state index in [2.05, 4.69) is 81.6 Å². The van der Waals surface area contributed by atoms with Gasteiger partial charge in [-0.15, -0.1) is 0 Å². The number of hydrogen-bond donors (Lipinski definition) is 4. The molecule has 0 atom stereocenters. The minimum Gasteiger partial charge on any atom is -0.393 e. The number of carbonyl (C=O) groups is 2. The fraction of sp³-hybridized carbons (Fsp3) is 0.364. The summed E-state index contributed by atoms with van der Waals surface area (Å²) in [5, 5.41) is 26.7. The van der Waals surface area contributed by atoms with Crippen LogP contribution >= 0.6 is 0 Å². The maximum absolute atomic E-state index is 12.1. The second-order valence-corrected chi connectivity index (χ2v) is 13.5. The molecule has 1 aliphatic carbocycles. The van der Waals surface area contributed by atoms with Crippen molar-refractivity contribution in [2.24, 2.45) is 0 Å². The molecule has 9 nitrogen and oxygen atoms in total. The summed E-state index contributed by atoms with van der Waals surface area (Å²) < 4.78 is 4.28. The molecule has 0 unspecified atom stereocenters. The Hall–Kier alpha value is -5.30. The van der Waals surface area contributed by atoms with Crippen LogP contribution in [0.25, 0.3) is 33.4 Å². The van der Waals surface area contributed by atoms with Crippen molar-refractivity contribution in [2.45, 2.75) is 83.4 Å². The van der Waals surface area contributed by atoms with Crippen LogP contribution in [-0.4, -0.2) is 57.7 Å². The number of carbonyl (C=O) groups excluding carboxylic acids is 2. The van der Waals surface area contributed by atoms with Crippen LogP contribution in [0.5, 0.6) is 0 Å². The molecule has 2 aromatic heterocycles. The van der Waals surface area contributed by atoms with Crippen LogP contribution in [0.4, 0.5) is 0 Å². The lowest BCUT2D eigenvalue weighted by atomic mass is 9.93. The lowest BCUT2D eigenvalue weighted by Gasteiger charge is -2.27. The quantitative estimate of drug-likeness (QED) is 0.0594. The number of aliphatic hydroxyl groups is 1. The molecule has 3 aromatic carbocycles. The van der Waals surface area contributed by atoms with E-state index in [1.54, 1.807) is 0 Å². The van der Waals surface area contributed by atoms with E-state index in [4.69, 9.17) is 9.78 Å². The summed E-state index contributed by atoms with van der Waals surface area (Å²) in [6.07, 6.45) is 9.39. The van der Waals surface area contributed by atoms with Crippen LogP contribution in [0.15, 0.2) is 91.3 Å². The molecule has 4 N–H and O–H groups in total. The molecule has 0 aliphatic heterocycles. The molecule has 0 spiro atoms. The van der Waals surface area contributed by atoms with Gasteiger partial charge >= 0.3 is 0 Å². The minimum atomic E-state index is -0.264. The normalized spacial score (nSPS) is 15.2. The first kappa shape index (κ1) is 38.9. The zero-order valence-electron chi connectivity index (χ0n) is 31.0. The highest BCUT2D eigenvalue weighted by atomic mass is 16.3. The summed E-state index contributed by atoms with van der Waals surface area (Å²) in [5.41, 5.74) is 7.46. The van der Waals surface area contributed by atoms with Crippen LogP contribution in [0.2, 0.25) is 0 Å². The fourth-order valence-electron chi connectivity index (χ4n) is 6.99. The highest BCUT2D eigenvalue weighted by molar-refractivity contribution is 6.02. The molecule has 9 heteroatoms. The minimum absolute atomic E-state index is 0.111. The number of aromatic nitrogens is 3. The third-order valence-corrected chi connectivity index (χ3v) is 9.59. The second kappa shape index (κ2) is 20.1. The molecule has 0 radical (unpaired) electrons. The molecular weight excluding hydrogens is 661 g/mol. The van der Waals surface area contributed by atoms with Crippen LogP contribution in [0.3, 0.4) is 0 Å². The van der Waals surface area contributed by atoms with E-state index in [1.807, 2.05) is 48.3 Å². The highest BCUT2D eigenvalue weighted by Crippen LogP contribution is 2.40. The zero-order valence-corrected chi connectivity index (χ0v) is 31.0. The van der Waals surface area contributed by atoms with Crippen molar-refractivity contribution in [1.82, 2.24) is 24.8 Å². The number of hydrogen-bond acceptors (Lipinski definition) is 6. The Morgan fingerprint density at radius 1 is 0.943 bits per heavy atom. The van der Waals surface area contributed by atoms with E-state index in [-0.39, 0.29) is 18.1 Å². The highest BCUT2D eigenvalue weighted by Gasteiger charge is 2.26. The summed E-state index contributed by atoms with van der Waals surface area (Å²) in [7, 11) is 1.92. The number of amides is 1. The van der Waals surface area contributed by atoms with E-state index < -0.39 is 0 Å². The van der Waals surface area contributed by atoms with Gasteiger partial charge in [0.1, 0.15) is 17.4 Å². The maximum Gasteiger partial charge on any atom is 0.219 e.